The zero-order chi connectivity index (χ0) is 16.7. The lowest BCUT2D eigenvalue weighted by Gasteiger charge is -2.23. The number of pyridine rings is 1. The van der Waals surface area contributed by atoms with Crippen LogP contribution in [0.15, 0.2) is 24.5 Å². The van der Waals surface area contributed by atoms with Crippen LogP contribution in [0.4, 0.5) is 5.82 Å². The maximum atomic E-state index is 4.56. The first-order valence-corrected chi connectivity index (χ1v) is 8.39. The molecule has 6 nitrogen and oxygen atoms in total. The molecule has 0 radical (unpaired) electrons. The predicted molar refractivity (Wildman–Crippen MR) is 94.1 cm³/mol. The van der Waals surface area contributed by atoms with Crippen molar-refractivity contribution in [2.24, 2.45) is 0 Å². The molecule has 24 heavy (non-hydrogen) atoms. The Kier molecular flexibility index (Phi) is 3.69. The molecular weight excluding hydrogens is 300 g/mol. The van der Waals surface area contributed by atoms with Crippen LogP contribution in [0.3, 0.4) is 0 Å². The Morgan fingerprint density at radius 3 is 3.04 bits per heavy atom. The maximum Gasteiger partial charge on any atom is 0.155 e. The van der Waals surface area contributed by atoms with Crippen LogP contribution in [-0.2, 0) is 13.0 Å². The summed E-state index contributed by atoms with van der Waals surface area (Å²) in [6, 6.07) is 4.22. The summed E-state index contributed by atoms with van der Waals surface area (Å²) in [5.74, 6) is 0.961. The van der Waals surface area contributed by atoms with Crippen molar-refractivity contribution < 1.29 is 0 Å². The van der Waals surface area contributed by atoms with Crippen LogP contribution in [0.5, 0.6) is 0 Å². The van der Waals surface area contributed by atoms with E-state index in [0.29, 0.717) is 0 Å². The molecule has 2 N–H and O–H groups in total. The normalized spacial score (nSPS) is 15.3. The third-order valence-corrected chi connectivity index (χ3v) is 4.73. The Hall–Kier alpha value is -2.47. The fourth-order valence-corrected chi connectivity index (χ4v) is 3.41. The third kappa shape index (κ3) is 2.53. The zero-order valence-electron chi connectivity index (χ0n) is 14.3. The molecule has 0 amide bonds. The van der Waals surface area contributed by atoms with E-state index in [1.54, 1.807) is 0 Å². The molecule has 0 aliphatic carbocycles. The molecule has 0 saturated carbocycles. The van der Waals surface area contributed by atoms with Crippen molar-refractivity contribution in [3.63, 3.8) is 0 Å². The van der Waals surface area contributed by atoms with Crippen LogP contribution in [0.25, 0.3) is 5.65 Å². The standard InChI is InChI=1S/C18H22N6/c1-11-8-17-21-10-15(13(3)24(17)23-11)12(2)22-18-16-9-19-6-4-14(16)5-7-20-18/h5,7-8,10,12,19H,4,6,9H2,1-3H3,(H,20,22). The van der Waals surface area contributed by atoms with E-state index in [2.05, 4.69) is 45.6 Å². The molecule has 0 aromatic carbocycles. The zero-order valence-corrected chi connectivity index (χ0v) is 14.3. The van der Waals surface area contributed by atoms with Gasteiger partial charge in [-0.1, -0.05) is 0 Å². The molecular formula is C18H22N6. The first-order valence-electron chi connectivity index (χ1n) is 8.39. The van der Waals surface area contributed by atoms with Crippen molar-refractivity contribution in [2.75, 3.05) is 11.9 Å². The Balaban J connectivity index is 1.67. The van der Waals surface area contributed by atoms with Gasteiger partial charge in [0.05, 0.1) is 11.7 Å². The summed E-state index contributed by atoms with van der Waals surface area (Å²) in [7, 11) is 0. The summed E-state index contributed by atoms with van der Waals surface area (Å²) in [6.45, 7) is 8.12. The smallest absolute Gasteiger partial charge is 0.155 e. The molecule has 0 saturated heterocycles. The van der Waals surface area contributed by atoms with E-state index in [4.69, 9.17) is 0 Å². The fourth-order valence-electron chi connectivity index (χ4n) is 3.41. The van der Waals surface area contributed by atoms with Crippen LogP contribution in [0, 0.1) is 13.8 Å². The second-order valence-electron chi connectivity index (χ2n) is 6.44. The molecule has 3 aromatic rings. The number of nitrogens with zero attached hydrogens (tertiary/aromatic N) is 4. The van der Waals surface area contributed by atoms with Crippen LogP contribution < -0.4 is 10.6 Å². The van der Waals surface area contributed by atoms with Crippen LogP contribution in [0.1, 0.15) is 41.0 Å². The van der Waals surface area contributed by atoms with Crippen molar-refractivity contribution in [1.82, 2.24) is 24.9 Å². The van der Waals surface area contributed by atoms with Crippen LogP contribution in [-0.4, -0.2) is 26.1 Å². The van der Waals surface area contributed by atoms with Crippen molar-refractivity contribution in [3.8, 4) is 0 Å². The fraction of sp³-hybridized carbons (Fsp3) is 0.389. The summed E-state index contributed by atoms with van der Waals surface area (Å²) in [4.78, 5) is 9.10. The highest BCUT2D eigenvalue weighted by atomic mass is 15.3. The monoisotopic (exact) mass is 322 g/mol. The Bertz CT molecular complexity index is 898. The Labute approximate surface area is 141 Å². The summed E-state index contributed by atoms with van der Waals surface area (Å²) in [6.07, 6.45) is 4.89. The molecule has 0 spiro atoms. The van der Waals surface area contributed by atoms with E-state index in [1.807, 2.05) is 29.9 Å². The number of nitrogens with one attached hydrogen (secondary N) is 2. The van der Waals surface area contributed by atoms with E-state index in [1.165, 1.54) is 11.1 Å². The molecule has 1 aliphatic rings. The molecule has 4 rings (SSSR count). The molecule has 124 valence electrons. The molecule has 0 fully saturated rings. The molecule has 3 aromatic heterocycles. The molecule has 4 heterocycles. The quantitative estimate of drug-likeness (QED) is 0.776. The summed E-state index contributed by atoms with van der Waals surface area (Å²) in [5.41, 5.74) is 6.77. The number of rotatable bonds is 3. The lowest BCUT2D eigenvalue weighted by Crippen LogP contribution is -2.25. The van der Waals surface area contributed by atoms with Gasteiger partial charge in [0.25, 0.3) is 0 Å². The highest BCUT2D eigenvalue weighted by Gasteiger charge is 2.18. The van der Waals surface area contributed by atoms with E-state index in [0.717, 1.165) is 47.9 Å². The average Bonchev–Trinajstić information content (AvgIpc) is 2.97. The highest BCUT2D eigenvalue weighted by molar-refractivity contribution is 5.51. The van der Waals surface area contributed by atoms with Gasteiger partial charge in [0.2, 0.25) is 0 Å². The predicted octanol–water partition coefficient (Wildman–Crippen LogP) is 2.56. The van der Waals surface area contributed by atoms with Gasteiger partial charge in [-0.05, 0) is 45.4 Å². The summed E-state index contributed by atoms with van der Waals surface area (Å²) >= 11 is 0. The Morgan fingerprint density at radius 2 is 2.17 bits per heavy atom. The first kappa shape index (κ1) is 15.1. The molecule has 1 atom stereocenters. The maximum absolute atomic E-state index is 4.56. The van der Waals surface area contributed by atoms with Gasteiger partial charge in [-0.2, -0.15) is 5.10 Å². The second-order valence-corrected chi connectivity index (χ2v) is 6.44. The van der Waals surface area contributed by atoms with Gasteiger partial charge in [0.1, 0.15) is 5.82 Å². The molecule has 1 aliphatic heterocycles. The van der Waals surface area contributed by atoms with Gasteiger partial charge in [-0.15, -0.1) is 0 Å². The summed E-state index contributed by atoms with van der Waals surface area (Å²) < 4.78 is 1.91. The van der Waals surface area contributed by atoms with Crippen molar-refractivity contribution in [2.45, 2.75) is 39.8 Å². The molecule has 1 unspecified atom stereocenters. The number of fused-ring (bicyclic) bond motifs is 2. The lowest BCUT2D eigenvalue weighted by atomic mass is 10.0. The average molecular weight is 322 g/mol. The van der Waals surface area contributed by atoms with Crippen LogP contribution in [0.2, 0.25) is 0 Å². The van der Waals surface area contributed by atoms with E-state index in [9.17, 15) is 0 Å². The molecule has 6 heteroatoms. The molecule has 0 bridgehead atoms. The minimum absolute atomic E-state index is 0.104. The van der Waals surface area contributed by atoms with Crippen molar-refractivity contribution in [3.05, 3.63) is 52.6 Å². The topological polar surface area (TPSA) is 67.1 Å². The highest BCUT2D eigenvalue weighted by Crippen LogP contribution is 2.26. The third-order valence-electron chi connectivity index (χ3n) is 4.73. The van der Waals surface area contributed by atoms with Gasteiger partial charge in [0, 0.05) is 41.8 Å². The van der Waals surface area contributed by atoms with E-state index < -0.39 is 0 Å². The largest absolute Gasteiger partial charge is 0.363 e. The van der Waals surface area contributed by atoms with E-state index >= 15 is 0 Å². The first-order chi connectivity index (χ1) is 11.6. The van der Waals surface area contributed by atoms with Gasteiger partial charge in [0.15, 0.2) is 5.65 Å². The number of hydrogen-bond acceptors (Lipinski definition) is 5. The van der Waals surface area contributed by atoms with E-state index in [-0.39, 0.29) is 6.04 Å². The minimum atomic E-state index is 0.104. The van der Waals surface area contributed by atoms with Gasteiger partial charge in [-0.25, -0.2) is 14.5 Å². The summed E-state index contributed by atoms with van der Waals surface area (Å²) in [5, 5.41) is 11.5. The minimum Gasteiger partial charge on any atom is -0.363 e. The second kappa shape index (κ2) is 5.87. The number of aromatic nitrogens is 4. The Morgan fingerprint density at radius 1 is 1.29 bits per heavy atom. The van der Waals surface area contributed by atoms with Gasteiger partial charge in [-0.3, -0.25) is 0 Å². The van der Waals surface area contributed by atoms with Crippen molar-refractivity contribution >= 4 is 11.5 Å². The van der Waals surface area contributed by atoms with Gasteiger partial charge >= 0.3 is 0 Å². The van der Waals surface area contributed by atoms with Crippen molar-refractivity contribution in [1.29, 1.82) is 0 Å². The van der Waals surface area contributed by atoms with Gasteiger partial charge < -0.3 is 10.6 Å². The number of aryl methyl sites for hydroxylation is 2. The lowest BCUT2D eigenvalue weighted by molar-refractivity contribution is 0.640. The number of anilines is 1. The van der Waals surface area contributed by atoms with Crippen LogP contribution >= 0.6 is 0 Å². The number of hydrogen-bond donors (Lipinski definition) is 2. The SMILES string of the molecule is Cc1cc2ncc(C(C)Nc3nccc4c3CNCC4)c(C)n2n1.